The summed E-state index contributed by atoms with van der Waals surface area (Å²) in [5.74, 6) is 8.57. The molecule has 0 amide bonds. The van der Waals surface area contributed by atoms with Crippen LogP contribution in [0, 0.1) is 23.7 Å². The summed E-state index contributed by atoms with van der Waals surface area (Å²) in [6.07, 6.45) is 11.2. The van der Waals surface area contributed by atoms with E-state index < -0.39 is 0 Å². The smallest absolute Gasteiger partial charge is 0.0517 e. The van der Waals surface area contributed by atoms with Gasteiger partial charge in [0.05, 0.1) is 9.52 Å². The van der Waals surface area contributed by atoms with Gasteiger partial charge in [0.2, 0.25) is 0 Å². The molecule has 1 aliphatic carbocycles. The highest BCUT2D eigenvalue weighted by Crippen LogP contribution is 2.33. The van der Waals surface area contributed by atoms with Gasteiger partial charge in [-0.1, -0.05) is 93.3 Å². The second-order valence-electron chi connectivity index (χ2n) is 8.21. The highest BCUT2D eigenvalue weighted by atomic mass is 28.2. The van der Waals surface area contributed by atoms with E-state index in [1.807, 2.05) is 0 Å². The standard InChI is InChI=1S/C26H34Si/c1-3-4-21-5-7-22(8-6-21)9-10-23-11-13-24(14-12-23)15-16-25-17-19-26(27-2)20-18-25/h11-14,17-22H,3-10,27H2,1-2H3/t21-,22-. The summed E-state index contributed by atoms with van der Waals surface area (Å²) < 4.78 is 0. The summed E-state index contributed by atoms with van der Waals surface area (Å²) in [6, 6.07) is 17.7. The van der Waals surface area contributed by atoms with Crippen LogP contribution in [-0.2, 0) is 6.42 Å². The lowest BCUT2D eigenvalue weighted by atomic mass is 9.78. The summed E-state index contributed by atoms with van der Waals surface area (Å²) >= 11 is 0. The van der Waals surface area contributed by atoms with Crippen LogP contribution in [0.15, 0.2) is 48.5 Å². The maximum Gasteiger partial charge on any atom is 0.0517 e. The first-order valence-electron chi connectivity index (χ1n) is 11.0. The normalized spacial score (nSPS) is 19.8. The number of hydrogen-bond donors (Lipinski definition) is 0. The van der Waals surface area contributed by atoms with E-state index in [4.69, 9.17) is 0 Å². The van der Waals surface area contributed by atoms with E-state index in [9.17, 15) is 0 Å². The molecular formula is C26H34Si. The maximum absolute atomic E-state index is 3.31. The topological polar surface area (TPSA) is 0 Å². The molecule has 2 aromatic rings. The quantitative estimate of drug-likeness (QED) is 0.465. The van der Waals surface area contributed by atoms with Gasteiger partial charge in [-0.2, -0.15) is 0 Å². The molecule has 0 radical (unpaired) electrons. The second kappa shape index (κ2) is 10.5. The van der Waals surface area contributed by atoms with Gasteiger partial charge in [-0.15, -0.1) is 0 Å². The van der Waals surface area contributed by atoms with Crippen LogP contribution < -0.4 is 5.19 Å². The van der Waals surface area contributed by atoms with Crippen LogP contribution in [0.4, 0.5) is 0 Å². The molecule has 1 fully saturated rings. The number of benzene rings is 2. The van der Waals surface area contributed by atoms with Gasteiger partial charge in [0.1, 0.15) is 0 Å². The van der Waals surface area contributed by atoms with E-state index >= 15 is 0 Å². The first-order valence-corrected chi connectivity index (χ1v) is 13.1. The van der Waals surface area contributed by atoms with Crippen LogP contribution >= 0.6 is 0 Å². The summed E-state index contributed by atoms with van der Waals surface area (Å²) in [6.45, 7) is 4.64. The molecule has 27 heavy (non-hydrogen) atoms. The molecule has 0 saturated heterocycles. The maximum atomic E-state index is 3.31. The van der Waals surface area contributed by atoms with Gasteiger partial charge in [0.15, 0.2) is 0 Å². The zero-order valence-corrected chi connectivity index (χ0v) is 18.6. The van der Waals surface area contributed by atoms with Gasteiger partial charge in [-0.05, 0) is 54.5 Å². The average molecular weight is 375 g/mol. The zero-order chi connectivity index (χ0) is 18.9. The van der Waals surface area contributed by atoms with Crippen LogP contribution in [-0.4, -0.2) is 9.52 Å². The van der Waals surface area contributed by atoms with Crippen LogP contribution in [0.3, 0.4) is 0 Å². The van der Waals surface area contributed by atoms with Crippen molar-refractivity contribution >= 4 is 14.7 Å². The van der Waals surface area contributed by atoms with Gasteiger partial charge >= 0.3 is 0 Å². The lowest BCUT2D eigenvalue weighted by Crippen LogP contribution is -2.15. The molecule has 2 aromatic carbocycles. The summed E-state index contributed by atoms with van der Waals surface area (Å²) in [7, 11) is -0.0604. The van der Waals surface area contributed by atoms with Crippen molar-refractivity contribution in [1.29, 1.82) is 0 Å². The molecule has 0 unspecified atom stereocenters. The minimum atomic E-state index is -0.0604. The molecule has 3 rings (SSSR count). The zero-order valence-electron chi connectivity index (χ0n) is 17.1. The van der Waals surface area contributed by atoms with Crippen molar-refractivity contribution in [3.8, 4) is 11.8 Å². The third-order valence-corrected chi connectivity index (χ3v) is 7.46. The molecule has 0 aromatic heterocycles. The Kier molecular flexibility index (Phi) is 7.78. The largest absolute Gasteiger partial charge is 0.0708 e. The molecule has 1 aliphatic rings. The van der Waals surface area contributed by atoms with Crippen LogP contribution in [0.25, 0.3) is 0 Å². The first-order chi connectivity index (χ1) is 13.3. The van der Waals surface area contributed by atoms with Crippen LogP contribution in [0.2, 0.25) is 6.55 Å². The SMILES string of the molecule is CCC[C@H]1CC[C@H](CCc2ccc(C#Cc3ccc([SiH2]C)cc3)cc2)CC1. The van der Waals surface area contributed by atoms with E-state index in [1.54, 1.807) is 0 Å². The number of aryl methyl sites for hydroxylation is 1. The first kappa shape index (κ1) is 20.0. The van der Waals surface area contributed by atoms with Gasteiger partial charge in [0.25, 0.3) is 0 Å². The highest BCUT2D eigenvalue weighted by molar-refractivity contribution is 6.51. The van der Waals surface area contributed by atoms with E-state index in [0.717, 1.165) is 23.0 Å². The van der Waals surface area contributed by atoms with Crippen molar-refractivity contribution < 1.29 is 0 Å². The number of rotatable bonds is 6. The molecule has 0 N–H and O–H groups in total. The van der Waals surface area contributed by atoms with Crippen LogP contribution in [0.5, 0.6) is 0 Å². The molecular weight excluding hydrogens is 340 g/mol. The monoisotopic (exact) mass is 374 g/mol. The minimum absolute atomic E-state index is 0.0604. The molecule has 0 bridgehead atoms. The molecule has 142 valence electrons. The Bertz CT molecular complexity index is 738. The molecule has 0 atom stereocenters. The van der Waals surface area contributed by atoms with Crippen molar-refractivity contribution in [2.24, 2.45) is 11.8 Å². The summed E-state index contributed by atoms with van der Waals surface area (Å²) in [5, 5.41) is 1.50. The van der Waals surface area contributed by atoms with Gasteiger partial charge < -0.3 is 0 Å². The molecule has 0 nitrogen and oxygen atoms in total. The average Bonchev–Trinajstić information content (AvgIpc) is 2.73. The molecule has 0 spiro atoms. The fraction of sp³-hybridized carbons (Fsp3) is 0.462. The van der Waals surface area contributed by atoms with E-state index in [0.29, 0.717) is 0 Å². The lowest BCUT2D eigenvalue weighted by molar-refractivity contribution is 0.252. The Morgan fingerprint density at radius 1 is 0.778 bits per heavy atom. The van der Waals surface area contributed by atoms with E-state index in [1.165, 1.54) is 62.1 Å². The van der Waals surface area contributed by atoms with Crippen molar-refractivity contribution in [2.45, 2.75) is 64.8 Å². The van der Waals surface area contributed by atoms with Crippen molar-refractivity contribution in [3.05, 3.63) is 65.2 Å². The summed E-state index contributed by atoms with van der Waals surface area (Å²) in [5.41, 5.74) is 3.70. The second-order valence-corrected chi connectivity index (χ2v) is 9.74. The van der Waals surface area contributed by atoms with Crippen LogP contribution in [0.1, 0.15) is 68.6 Å². The molecule has 1 saturated carbocycles. The number of hydrogen-bond acceptors (Lipinski definition) is 0. The summed E-state index contributed by atoms with van der Waals surface area (Å²) in [4.78, 5) is 0. The van der Waals surface area contributed by atoms with Gasteiger partial charge in [0, 0.05) is 11.1 Å². The lowest BCUT2D eigenvalue weighted by Gasteiger charge is -2.28. The Morgan fingerprint density at radius 3 is 1.81 bits per heavy atom. The fourth-order valence-electron chi connectivity index (χ4n) is 4.31. The molecule has 0 heterocycles. The van der Waals surface area contributed by atoms with Crippen molar-refractivity contribution in [3.63, 3.8) is 0 Å². The Hall–Kier alpha value is -1.78. The van der Waals surface area contributed by atoms with Gasteiger partial charge in [-0.3, -0.25) is 0 Å². The van der Waals surface area contributed by atoms with E-state index in [2.05, 4.69) is 73.8 Å². The third-order valence-electron chi connectivity index (χ3n) is 6.17. The van der Waals surface area contributed by atoms with Crippen molar-refractivity contribution in [1.82, 2.24) is 0 Å². The predicted molar refractivity (Wildman–Crippen MR) is 122 cm³/mol. The highest BCUT2D eigenvalue weighted by Gasteiger charge is 2.20. The van der Waals surface area contributed by atoms with E-state index in [-0.39, 0.29) is 9.52 Å². The third kappa shape index (κ3) is 6.40. The Balaban J connectivity index is 1.47. The Labute approximate surface area is 168 Å². The molecule has 0 aliphatic heterocycles. The fourth-order valence-corrected chi connectivity index (χ4v) is 5.02. The van der Waals surface area contributed by atoms with Gasteiger partial charge in [-0.25, -0.2) is 0 Å². The minimum Gasteiger partial charge on any atom is -0.0708 e. The molecule has 1 heteroatoms. The predicted octanol–water partition coefficient (Wildman–Crippen LogP) is 5.47. The Morgan fingerprint density at radius 2 is 1.30 bits per heavy atom. The van der Waals surface area contributed by atoms with Crippen molar-refractivity contribution in [2.75, 3.05) is 0 Å².